The highest BCUT2D eigenvalue weighted by Crippen LogP contribution is 2.31. The van der Waals surface area contributed by atoms with Crippen molar-refractivity contribution in [2.45, 2.75) is 32.4 Å². The Hall–Kier alpha value is -0.910. The minimum absolute atomic E-state index is 0.0430. The molecule has 1 aliphatic heterocycles. The zero-order chi connectivity index (χ0) is 13.3. The molecule has 0 unspecified atom stereocenters. The average Bonchev–Trinajstić information content (AvgIpc) is 2.25. The Morgan fingerprint density at radius 3 is 2.59 bits per heavy atom. The summed E-state index contributed by atoms with van der Waals surface area (Å²) in [6.07, 6.45) is 0. The van der Waals surface area contributed by atoms with E-state index in [-0.39, 0.29) is 16.5 Å². The molecule has 3 N–H and O–H groups in total. The predicted molar refractivity (Wildman–Crippen MR) is 70.3 cm³/mol. The number of hydrogen-bond acceptors (Lipinski definition) is 4. The highest BCUT2D eigenvalue weighted by Gasteiger charge is 2.39. The molecule has 1 saturated heterocycles. The fraction of sp³-hybridized carbons (Fsp3) is 0.818. The summed E-state index contributed by atoms with van der Waals surface area (Å²) in [5.41, 5.74) is 4.62. The van der Waals surface area contributed by atoms with Gasteiger partial charge in [-0.15, -0.1) is 0 Å². The van der Waals surface area contributed by atoms with Gasteiger partial charge in [0.15, 0.2) is 5.84 Å². The number of nitrogens with zero attached hydrogens (tertiary/aromatic N) is 2. The number of oxime groups is 1. The summed E-state index contributed by atoms with van der Waals surface area (Å²) >= 11 is 1.86. The topological polar surface area (TPSA) is 78.9 Å². The van der Waals surface area contributed by atoms with Crippen molar-refractivity contribution in [1.29, 1.82) is 0 Å². The first-order valence-corrected chi connectivity index (χ1v) is 6.60. The maximum atomic E-state index is 12.4. The number of rotatable bonds is 2. The van der Waals surface area contributed by atoms with Crippen LogP contribution in [-0.2, 0) is 4.79 Å². The lowest BCUT2D eigenvalue weighted by Crippen LogP contribution is -2.53. The molecule has 1 aliphatic rings. The molecule has 5 nitrogen and oxygen atoms in total. The number of carbonyl (C=O) groups is 1. The van der Waals surface area contributed by atoms with E-state index >= 15 is 0 Å². The van der Waals surface area contributed by atoms with Crippen molar-refractivity contribution in [3.05, 3.63) is 0 Å². The highest BCUT2D eigenvalue weighted by molar-refractivity contribution is 8.00. The Morgan fingerprint density at radius 1 is 1.53 bits per heavy atom. The van der Waals surface area contributed by atoms with Crippen molar-refractivity contribution >= 4 is 23.5 Å². The number of amidine groups is 1. The van der Waals surface area contributed by atoms with E-state index < -0.39 is 5.41 Å². The smallest absolute Gasteiger partial charge is 0.236 e. The van der Waals surface area contributed by atoms with Crippen LogP contribution in [0.1, 0.15) is 27.7 Å². The molecule has 0 aliphatic carbocycles. The summed E-state index contributed by atoms with van der Waals surface area (Å²) in [7, 11) is 0. The molecule has 1 heterocycles. The maximum Gasteiger partial charge on any atom is 0.236 e. The molecule has 0 aromatic heterocycles. The molecular weight excluding hydrogens is 238 g/mol. The van der Waals surface area contributed by atoms with Crippen molar-refractivity contribution < 1.29 is 10.0 Å². The van der Waals surface area contributed by atoms with Gasteiger partial charge in [0.05, 0.1) is 0 Å². The molecule has 6 heteroatoms. The van der Waals surface area contributed by atoms with Crippen LogP contribution >= 0.6 is 11.8 Å². The largest absolute Gasteiger partial charge is 0.409 e. The van der Waals surface area contributed by atoms with Crippen LogP contribution in [0.3, 0.4) is 0 Å². The van der Waals surface area contributed by atoms with E-state index in [0.29, 0.717) is 6.54 Å². The number of hydrogen-bond donors (Lipinski definition) is 2. The average molecular weight is 259 g/mol. The molecule has 1 amide bonds. The van der Waals surface area contributed by atoms with Crippen molar-refractivity contribution in [3.8, 4) is 0 Å². The zero-order valence-electron chi connectivity index (χ0n) is 10.9. The third-order valence-corrected chi connectivity index (χ3v) is 4.29. The molecule has 0 bridgehead atoms. The molecule has 0 atom stereocenters. The zero-order valence-corrected chi connectivity index (χ0v) is 11.7. The van der Waals surface area contributed by atoms with Gasteiger partial charge in [0.2, 0.25) is 5.91 Å². The van der Waals surface area contributed by atoms with Gasteiger partial charge in [-0.25, -0.2) is 0 Å². The SMILES string of the molecule is CC1(C)CN(C(=O)C(C)(C)C(N)=NO)CCS1. The molecule has 0 spiro atoms. The monoisotopic (exact) mass is 259 g/mol. The number of carbonyl (C=O) groups excluding carboxylic acids is 1. The van der Waals surface area contributed by atoms with Crippen molar-refractivity contribution in [1.82, 2.24) is 4.90 Å². The van der Waals surface area contributed by atoms with E-state index in [2.05, 4.69) is 19.0 Å². The second-order valence-electron chi connectivity index (χ2n) is 5.45. The van der Waals surface area contributed by atoms with E-state index in [1.54, 1.807) is 18.7 Å². The van der Waals surface area contributed by atoms with E-state index in [4.69, 9.17) is 10.9 Å². The van der Waals surface area contributed by atoms with Gasteiger partial charge in [-0.3, -0.25) is 4.79 Å². The van der Waals surface area contributed by atoms with Crippen molar-refractivity contribution in [2.75, 3.05) is 18.8 Å². The van der Waals surface area contributed by atoms with Crippen LogP contribution in [0.15, 0.2) is 5.16 Å². The molecule has 0 saturated carbocycles. The Morgan fingerprint density at radius 2 is 2.12 bits per heavy atom. The maximum absolute atomic E-state index is 12.4. The summed E-state index contributed by atoms with van der Waals surface area (Å²) in [5, 5.41) is 11.7. The van der Waals surface area contributed by atoms with E-state index in [0.717, 1.165) is 12.3 Å². The van der Waals surface area contributed by atoms with E-state index in [1.807, 2.05) is 11.8 Å². The molecule has 1 fully saturated rings. The second kappa shape index (κ2) is 4.76. The third-order valence-electron chi connectivity index (χ3n) is 3.00. The summed E-state index contributed by atoms with van der Waals surface area (Å²) in [6.45, 7) is 9.01. The standard InChI is InChI=1S/C11H21N3O2S/c1-10(2)7-14(5-6-17-10)9(15)11(3,4)8(12)13-16/h16H,5-7H2,1-4H3,(H2,12,13). The minimum Gasteiger partial charge on any atom is -0.409 e. The second-order valence-corrected chi connectivity index (χ2v) is 7.25. The van der Waals surface area contributed by atoms with Gasteiger partial charge in [-0.2, -0.15) is 11.8 Å². The molecule has 98 valence electrons. The quantitative estimate of drug-likeness (QED) is 0.337. The van der Waals surface area contributed by atoms with Gasteiger partial charge in [0.1, 0.15) is 5.41 Å². The number of thioether (sulfide) groups is 1. The summed E-state index contributed by atoms with van der Waals surface area (Å²) in [4.78, 5) is 14.2. The molecule has 0 aromatic rings. The third kappa shape index (κ3) is 3.06. The first-order chi connectivity index (χ1) is 7.70. The van der Waals surface area contributed by atoms with Crippen LogP contribution in [0.25, 0.3) is 0 Å². The van der Waals surface area contributed by atoms with Crippen LogP contribution in [0, 0.1) is 5.41 Å². The normalized spacial score (nSPS) is 21.4. The number of nitrogens with two attached hydrogens (primary N) is 1. The molecular formula is C11H21N3O2S. The van der Waals surface area contributed by atoms with E-state index in [1.165, 1.54) is 0 Å². The van der Waals surface area contributed by atoms with Crippen LogP contribution in [0.2, 0.25) is 0 Å². The van der Waals surface area contributed by atoms with Gasteiger partial charge in [-0.1, -0.05) is 5.16 Å². The van der Waals surface area contributed by atoms with Crippen molar-refractivity contribution in [3.63, 3.8) is 0 Å². The molecule has 0 radical (unpaired) electrons. The number of amides is 1. The molecule has 1 rings (SSSR count). The van der Waals surface area contributed by atoms with Crippen LogP contribution in [0.4, 0.5) is 0 Å². The van der Waals surface area contributed by atoms with Crippen LogP contribution in [0.5, 0.6) is 0 Å². The van der Waals surface area contributed by atoms with Gasteiger partial charge >= 0.3 is 0 Å². The van der Waals surface area contributed by atoms with Crippen LogP contribution < -0.4 is 5.73 Å². The predicted octanol–water partition coefficient (Wildman–Crippen LogP) is 1.11. The fourth-order valence-corrected chi connectivity index (χ4v) is 2.93. The Kier molecular flexibility index (Phi) is 3.96. The summed E-state index contributed by atoms with van der Waals surface area (Å²) < 4.78 is 0.0646. The highest BCUT2D eigenvalue weighted by atomic mass is 32.2. The van der Waals surface area contributed by atoms with Gasteiger partial charge in [0.25, 0.3) is 0 Å². The van der Waals surface area contributed by atoms with Crippen molar-refractivity contribution in [2.24, 2.45) is 16.3 Å². The molecule has 0 aromatic carbocycles. The van der Waals surface area contributed by atoms with Gasteiger partial charge in [-0.05, 0) is 27.7 Å². The first-order valence-electron chi connectivity index (χ1n) is 5.62. The van der Waals surface area contributed by atoms with Gasteiger partial charge < -0.3 is 15.8 Å². The first kappa shape index (κ1) is 14.2. The van der Waals surface area contributed by atoms with E-state index in [9.17, 15) is 4.79 Å². The Labute approximate surface area is 106 Å². The lowest BCUT2D eigenvalue weighted by atomic mass is 9.89. The molecule has 17 heavy (non-hydrogen) atoms. The Balaban J connectivity index is 2.83. The minimum atomic E-state index is -0.952. The summed E-state index contributed by atoms with van der Waals surface area (Å²) in [6, 6.07) is 0. The lowest BCUT2D eigenvalue weighted by Gasteiger charge is -2.40. The lowest BCUT2D eigenvalue weighted by molar-refractivity contribution is -0.137. The van der Waals surface area contributed by atoms with Crippen LogP contribution in [-0.4, -0.2) is 45.4 Å². The van der Waals surface area contributed by atoms with Gasteiger partial charge in [0, 0.05) is 23.6 Å². The fourth-order valence-electron chi connectivity index (χ4n) is 1.82. The Bertz CT molecular complexity index is 340. The summed E-state index contributed by atoms with van der Waals surface area (Å²) in [5.74, 6) is 0.796.